The third-order valence-electron chi connectivity index (χ3n) is 24.0. The first kappa shape index (κ1) is 81.2. The number of esters is 2. The summed E-state index contributed by atoms with van der Waals surface area (Å²) in [5, 5.41) is 3.78. The molecule has 10 rings (SSSR count). The van der Waals surface area contributed by atoms with Gasteiger partial charge in [-0.2, -0.15) is 0 Å². The molecule has 12 nitrogen and oxygen atoms in total. The minimum absolute atomic E-state index is 0.0253. The minimum Gasteiger partial charge on any atom is -0.497 e. The predicted molar refractivity (Wildman–Crippen MR) is 438 cm³/mol. The fourth-order valence-corrected chi connectivity index (χ4v) is 17.5. The molecule has 2 heterocycles. The molecule has 0 N–H and O–H groups in total. The van der Waals surface area contributed by atoms with E-state index in [4.69, 9.17) is 47.1 Å². The summed E-state index contributed by atoms with van der Waals surface area (Å²) in [6, 6.07) is 48.7. The maximum Gasteiger partial charge on any atom is 0.306 e. The average Bonchev–Trinajstić information content (AvgIpc) is 0.732. The lowest BCUT2D eigenvalue weighted by molar-refractivity contribution is -0.146. The van der Waals surface area contributed by atoms with Crippen LogP contribution in [0.2, 0.25) is 13.1 Å². The highest BCUT2D eigenvalue weighted by atomic mass is 28.4. The van der Waals surface area contributed by atoms with Gasteiger partial charge in [-0.05, 0) is 174 Å². The summed E-state index contributed by atoms with van der Waals surface area (Å²) < 4.78 is 63.0. The average molecular weight is 1470 g/mol. The van der Waals surface area contributed by atoms with E-state index in [1.807, 2.05) is 121 Å². The standard InChI is InChI=1S/C94H120O12Si/c1-66(35-27-23-19-17-20-24-28-40-86(95)101-64-84-68(3)78-36-30-32-38-80(78)88-82(84)58-61-93(104-88,70-42-50-74(97-11)51-43-70)71-44-52-75(98-12)53-45-71)67(2)63-103-92(9,10)107(15,16)106-91(7,8)90(5,6)60-34-26-22-18-21-25-29-41-87(96)102-65-85-69(4)79-37-31-33-39-81(79)89-83(85)59-62-94(105-89,72-46-54-76(99-13)55-47-72)73-48-56-77(100-14)57-49-73/h30-33,36-39,42-59,61-62,66-67H,17-29,34-35,40-41,60,63-65H2,1-16H3. The molecule has 0 fully saturated rings. The van der Waals surface area contributed by atoms with E-state index in [1.54, 1.807) is 28.4 Å². The molecular weight excluding hydrogens is 1350 g/mol. The first-order valence-corrected chi connectivity index (χ1v) is 42.3. The monoisotopic (exact) mass is 1470 g/mol. The zero-order valence-electron chi connectivity index (χ0n) is 67.1. The van der Waals surface area contributed by atoms with Gasteiger partial charge < -0.3 is 47.1 Å². The van der Waals surface area contributed by atoms with E-state index in [-0.39, 0.29) is 41.4 Å². The molecule has 0 saturated heterocycles. The number of hydrogen-bond donors (Lipinski definition) is 0. The molecule has 8 aromatic carbocycles. The van der Waals surface area contributed by atoms with Gasteiger partial charge in [-0.3, -0.25) is 9.59 Å². The van der Waals surface area contributed by atoms with Crippen molar-refractivity contribution in [3.8, 4) is 34.5 Å². The number of benzene rings is 8. The predicted octanol–water partition coefficient (Wildman–Crippen LogP) is 23.8. The normalized spacial score (nSPS) is 14.5. The number of fused-ring (bicyclic) bond motifs is 6. The van der Waals surface area contributed by atoms with Gasteiger partial charge in [-0.25, -0.2) is 0 Å². The van der Waals surface area contributed by atoms with E-state index >= 15 is 0 Å². The quantitative estimate of drug-likeness (QED) is 0.0206. The minimum atomic E-state index is -2.36. The Labute approximate surface area is 640 Å². The molecule has 0 spiro atoms. The van der Waals surface area contributed by atoms with Crippen LogP contribution >= 0.6 is 0 Å². The van der Waals surface area contributed by atoms with Gasteiger partial charge in [0.25, 0.3) is 0 Å². The summed E-state index contributed by atoms with van der Waals surface area (Å²) in [4.78, 5) is 26.8. The summed E-state index contributed by atoms with van der Waals surface area (Å²) in [5.41, 5.74) is 7.52. The van der Waals surface area contributed by atoms with Crippen LogP contribution in [0, 0.1) is 31.1 Å². The Morgan fingerprint density at radius 1 is 0.439 bits per heavy atom. The van der Waals surface area contributed by atoms with Crippen LogP contribution in [0.5, 0.6) is 34.5 Å². The summed E-state index contributed by atoms with van der Waals surface area (Å²) in [6.45, 7) is 28.5. The molecule has 0 bridgehead atoms. The van der Waals surface area contributed by atoms with Crippen molar-refractivity contribution in [2.75, 3.05) is 35.0 Å². The lowest BCUT2D eigenvalue weighted by Crippen LogP contribution is -2.60. The molecule has 2 aliphatic rings. The van der Waals surface area contributed by atoms with Crippen LogP contribution in [0.4, 0.5) is 0 Å². The second kappa shape index (κ2) is 36.2. The zero-order chi connectivity index (χ0) is 76.6. The lowest BCUT2D eigenvalue weighted by Gasteiger charge is -2.50. The molecule has 2 aliphatic heterocycles. The number of hydrogen-bond acceptors (Lipinski definition) is 12. The summed E-state index contributed by atoms with van der Waals surface area (Å²) >= 11 is 0. The van der Waals surface area contributed by atoms with Crippen molar-refractivity contribution in [1.29, 1.82) is 0 Å². The van der Waals surface area contributed by atoms with Gasteiger partial charge in [0.15, 0.2) is 11.2 Å². The highest BCUT2D eigenvalue weighted by Gasteiger charge is 2.50. The van der Waals surface area contributed by atoms with Crippen molar-refractivity contribution < 1.29 is 56.6 Å². The van der Waals surface area contributed by atoms with Crippen LogP contribution in [-0.2, 0) is 52.6 Å². The van der Waals surface area contributed by atoms with E-state index in [1.165, 1.54) is 44.9 Å². The zero-order valence-corrected chi connectivity index (χ0v) is 68.1. The molecule has 0 aromatic heterocycles. The number of ether oxygens (including phenoxy) is 9. The second-order valence-corrected chi connectivity index (χ2v) is 36.6. The van der Waals surface area contributed by atoms with Gasteiger partial charge in [-0.15, -0.1) is 0 Å². The maximum atomic E-state index is 13.4. The summed E-state index contributed by atoms with van der Waals surface area (Å²) in [6.07, 6.45) is 26.9. The van der Waals surface area contributed by atoms with Gasteiger partial charge in [0.2, 0.25) is 8.32 Å². The first-order chi connectivity index (χ1) is 51.3. The fourth-order valence-electron chi connectivity index (χ4n) is 15.3. The fraction of sp³-hybridized carbons (Fsp3) is 0.468. The number of methoxy groups -OCH3 is 4. The van der Waals surface area contributed by atoms with Gasteiger partial charge in [0.05, 0.1) is 39.3 Å². The first-order valence-electron chi connectivity index (χ1n) is 39.4. The smallest absolute Gasteiger partial charge is 0.306 e. The molecule has 13 heteroatoms. The Balaban J connectivity index is 0.590. The number of rotatable bonds is 40. The Hall–Kier alpha value is -8.36. The molecule has 2 unspecified atom stereocenters. The lowest BCUT2D eigenvalue weighted by atomic mass is 9.73. The topological polar surface area (TPSA) is 126 Å². The third-order valence-corrected chi connectivity index (χ3v) is 28.1. The third kappa shape index (κ3) is 19.0. The van der Waals surface area contributed by atoms with Crippen LogP contribution < -0.4 is 28.4 Å². The molecule has 0 saturated carbocycles. The van der Waals surface area contributed by atoms with Crippen molar-refractivity contribution >= 4 is 54.0 Å². The largest absolute Gasteiger partial charge is 0.497 e. The van der Waals surface area contributed by atoms with Crippen molar-refractivity contribution in [2.45, 2.75) is 233 Å². The van der Waals surface area contributed by atoms with Gasteiger partial charge in [0.1, 0.15) is 47.7 Å². The number of unbranched alkanes of at least 4 members (excludes halogenated alkanes) is 12. The van der Waals surface area contributed by atoms with Crippen LogP contribution in [0.25, 0.3) is 33.7 Å². The van der Waals surface area contributed by atoms with Crippen LogP contribution in [-0.4, -0.2) is 66.1 Å². The van der Waals surface area contributed by atoms with Crippen LogP contribution in [0.3, 0.4) is 0 Å². The van der Waals surface area contributed by atoms with E-state index in [2.05, 4.69) is 131 Å². The Kier molecular flexibility index (Phi) is 27.5. The second-order valence-electron chi connectivity index (χ2n) is 32.1. The Morgan fingerprint density at radius 2 is 0.776 bits per heavy atom. The van der Waals surface area contributed by atoms with Crippen molar-refractivity contribution in [2.24, 2.45) is 17.3 Å². The van der Waals surface area contributed by atoms with Crippen molar-refractivity contribution in [3.63, 3.8) is 0 Å². The van der Waals surface area contributed by atoms with E-state index < -0.39 is 19.5 Å². The van der Waals surface area contributed by atoms with Crippen LogP contribution in [0.1, 0.15) is 227 Å². The molecule has 0 radical (unpaired) electrons. The molecule has 107 heavy (non-hydrogen) atoms. The molecular formula is C94H120O12Si. The Bertz CT molecular complexity index is 4220. The van der Waals surface area contributed by atoms with E-state index in [9.17, 15) is 9.59 Å². The van der Waals surface area contributed by atoms with Crippen molar-refractivity contribution in [1.82, 2.24) is 0 Å². The highest BCUT2D eigenvalue weighted by molar-refractivity contribution is 6.74. The van der Waals surface area contributed by atoms with Crippen molar-refractivity contribution in [3.05, 3.63) is 213 Å². The summed E-state index contributed by atoms with van der Waals surface area (Å²) in [5.74, 6) is 5.24. The van der Waals surface area contributed by atoms with Crippen LogP contribution in [0.15, 0.2) is 158 Å². The highest BCUT2D eigenvalue weighted by Crippen LogP contribution is 2.51. The van der Waals surface area contributed by atoms with Gasteiger partial charge in [-0.1, -0.05) is 220 Å². The maximum absolute atomic E-state index is 13.4. The number of carbonyl (C=O) groups is 2. The van der Waals surface area contributed by atoms with Gasteiger partial charge >= 0.3 is 11.9 Å². The molecule has 8 aromatic rings. The molecule has 2 atom stereocenters. The number of carbonyl (C=O) groups excluding carboxylic acids is 2. The molecule has 572 valence electrons. The molecule has 0 aliphatic carbocycles. The van der Waals surface area contributed by atoms with E-state index in [0.717, 1.165) is 176 Å². The molecule has 0 amide bonds. The number of aryl methyl sites for hydroxylation is 2. The SMILES string of the molecule is COc1ccc(C2(c3ccc(OC)cc3)C=Cc3c(COC(=O)CCCCCCCCCC(C)C(C)COC(C)(C)[Si](C)(C)OC(C)(C)C(C)(C)CCCCCCCCCC(=O)OCc4c5c(c6ccccc6c4C)OC(c4ccc(OC)cc4)(c4ccc(OC)cc4)C=C5)c(C)c4ccccc4c3O2)cc1. The summed E-state index contributed by atoms with van der Waals surface area (Å²) in [7, 11) is 4.33. The van der Waals surface area contributed by atoms with E-state index in [0.29, 0.717) is 24.7 Å². The van der Waals surface area contributed by atoms with Gasteiger partial charge in [0, 0.05) is 74.7 Å². The Morgan fingerprint density at radius 3 is 1.14 bits per heavy atom.